The lowest BCUT2D eigenvalue weighted by Crippen LogP contribution is -2.32. The summed E-state index contributed by atoms with van der Waals surface area (Å²) in [4.78, 5) is 14.1. The summed E-state index contributed by atoms with van der Waals surface area (Å²) >= 11 is 6.16. The molecular weight excluding hydrogens is 427 g/mol. The van der Waals surface area contributed by atoms with Crippen molar-refractivity contribution in [3.63, 3.8) is 0 Å². The monoisotopic (exact) mass is 438 g/mol. The smallest absolute Gasteiger partial charge is 0.256 e. The first kappa shape index (κ1) is 20.2. The summed E-state index contributed by atoms with van der Waals surface area (Å²) in [5.41, 5.74) is -0.0981. The van der Waals surface area contributed by atoms with Gasteiger partial charge in [-0.2, -0.15) is 0 Å². The summed E-state index contributed by atoms with van der Waals surface area (Å²) < 4.78 is 69.2. The third kappa shape index (κ3) is 3.17. The molecule has 3 aromatic rings. The summed E-state index contributed by atoms with van der Waals surface area (Å²) in [7, 11) is 0. The summed E-state index contributed by atoms with van der Waals surface area (Å²) in [6, 6.07) is 12.9. The average Bonchev–Trinajstić information content (AvgIpc) is 3.01. The Morgan fingerprint density at radius 1 is 0.833 bits per heavy atom. The number of carbonyl (C=O) groups excluding carboxylic acids is 1. The molecule has 30 heavy (non-hydrogen) atoms. The van der Waals surface area contributed by atoms with Crippen LogP contribution in [0.5, 0.6) is 0 Å². The number of halogens is 6. The van der Waals surface area contributed by atoms with Gasteiger partial charge in [-0.15, -0.1) is 0 Å². The van der Waals surface area contributed by atoms with E-state index in [1.165, 1.54) is 17.0 Å². The van der Waals surface area contributed by atoms with Gasteiger partial charge in [-0.3, -0.25) is 4.79 Å². The fourth-order valence-corrected chi connectivity index (χ4v) is 3.56. The Labute approximate surface area is 172 Å². The second kappa shape index (κ2) is 7.60. The van der Waals surface area contributed by atoms with E-state index in [9.17, 15) is 26.7 Å². The van der Waals surface area contributed by atoms with Crippen molar-refractivity contribution in [1.82, 2.24) is 4.90 Å². The van der Waals surface area contributed by atoms with E-state index >= 15 is 0 Å². The molecule has 1 N–H and O–H groups in total. The van der Waals surface area contributed by atoms with Crippen LogP contribution in [0.3, 0.4) is 0 Å². The highest BCUT2D eigenvalue weighted by molar-refractivity contribution is 6.31. The molecule has 0 saturated carbocycles. The molecule has 1 aliphatic rings. The van der Waals surface area contributed by atoms with E-state index in [0.717, 1.165) is 0 Å². The van der Waals surface area contributed by atoms with Crippen LogP contribution in [0.25, 0.3) is 0 Å². The van der Waals surface area contributed by atoms with Gasteiger partial charge in [-0.05, 0) is 17.7 Å². The number of carbonyl (C=O) groups is 1. The van der Waals surface area contributed by atoms with E-state index in [4.69, 9.17) is 11.6 Å². The van der Waals surface area contributed by atoms with E-state index in [-0.39, 0.29) is 12.1 Å². The van der Waals surface area contributed by atoms with Crippen LogP contribution in [0.1, 0.15) is 27.7 Å². The van der Waals surface area contributed by atoms with Crippen LogP contribution in [0.4, 0.5) is 27.6 Å². The Balaban J connectivity index is 1.80. The molecule has 0 fully saturated rings. The molecule has 1 aliphatic heterocycles. The highest BCUT2D eigenvalue weighted by Gasteiger charge is 2.38. The Morgan fingerprint density at radius 3 is 2.07 bits per heavy atom. The lowest BCUT2D eigenvalue weighted by atomic mass is 10.1. The molecule has 0 aromatic heterocycles. The first-order chi connectivity index (χ1) is 14.3. The highest BCUT2D eigenvalue weighted by Crippen LogP contribution is 2.38. The largest absolute Gasteiger partial charge is 0.356 e. The predicted molar refractivity (Wildman–Crippen MR) is 100 cm³/mol. The van der Waals surface area contributed by atoms with Crippen LogP contribution in [-0.4, -0.2) is 10.8 Å². The zero-order valence-corrected chi connectivity index (χ0v) is 15.8. The molecule has 0 radical (unpaired) electrons. The topological polar surface area (TPSA) is 32.3 Å². The van der Waals surface area contributed by atoms with Gasteiger partial charge in [0.2, 0.25) is 5.82 Å². The number of amides is 1. The van der Waals surface area contributed by atoms with Crippen molar-refractivity contribution in [2.24, 2.45) is 0 Å². The molecule has 3 nitrogen and oxygen atoms in total. The van der Waals surface area contributed by atoms with Crippen molar-refractivity contribution in [1.29, 1.82) is 0 Å². The third-order valence-corrected chi connectivity index (χ3v) is 5.22. The second-order valence-corrected chi connectivity index (χ2v) is 7.01. The molecule has 3 aromatic carbocycles. The van der Waals surface area contributed by atoms with Gasteiger partial charge in [-0.1, -0.05) is 48.0 Å². The van der Waals surface area contributed by atoms with Crippen molar-refractivity contribution >= 4 is 23.2 Å². The molecular formula is C21H12ClF5N2O. The number of anilines is 1. The minimum Gasteiger partial charge on any atom is -0.356 e. The van der Waals surface area contributed by atoms with E-state index in [1.807, 2.05) is 0 Å². The van der Waals surface area contributed by atoms with Crippen LogP contribution in [0.15, 0.2) is 48.5 Å². The summed E-state index contributed by atoms with van der Waals surface area (Å²) in [6.07, 6.45) is -1.18. The number of nitrogens with zero attached hydrogens (tertiary/aromatic N) is 1. The van der Waals surface area contributed by atoms with Crippen molar-refractivity contribution in [2.75, 3.05) is 5.32 Å². The summed E-state index contributed by atoms with van der Waals surface area (Å²) in [6.45, 7) is -0.0553. The standard InChI is InChI=1S/C21H12ClF5N2O/c22-13-8-4-1-5-10(13)9-29-20(11-6-2-3-7-12(11)21(29)30)28-19-17(26)15(24)14(23)16(25)18(19)27/h1-8,20,28H,9H2/t20-/m0/s1. The van der Waals surface area contributed by atoms with E-state index in [1.54, 1.807) is 36.4 Å². The fraction of sp³-hybridized carbons (Fsp3) is 0.0952. The Hall–Kier alpha value is -3.13. The average molecular weight is 439 g/mol. The van der Waals surface area contributed by atoms with Crippen LogP contribution in [0, 0.1) is 29.1 Å². The lowest BCUT2D eigenvalue weighted by molar-refractivity contribution is 0.0728. The maximum Gasteiger partial charge on any atom is 0.256 e. The molecule has 1 atom stereocenters. The van der Waals surface area contributed by atoms with Gasteiger partial charge in [-0.25, -0.2) is 22.0 Å². The quantitative estimate of drug-likeness (QED) is 0.317. The molecule has 0 aliphatic carbocycles. The minimum atomic E-state index is -2.26. The van der Waals surface area contributed by atoms with Gasteiger partial charge >= 0.3 is 0 Å². The maximum atomic E-state index is 14.2. The number of hydrogen-bond donors (Lipinski definition) is 1. The Kier molecular flexibility index (Phi) is 5.11. The molecule has 9 heteroatoms. The van der Waals surface area contributed by atoms with Crippen LogP contribution >= 0.6 is 11.6 Å². The normalized spacial score (nSPS) is 15.5. The zero-order chi connectivity index (χ0) is 21.6. The highest BCUT2D eigenvalue weighted by atomic mass is 35.5. The summed E-state index contributed by atoms with van der Waals surface area (Å²) in [5.74, 6) is -10.9. The molecule has 0 spiro atoms. The zero-order valence-electron chi connectivity index (χ0n) is 15.0. The molecule has 1 amide bonds. The predicted octanol–water partition coefficient (Wildman–Crippen LogP) is 5.80. The first-order valence-corrected chi connectivity index (χ1v) is 9.10. The van der Waals surface area contributed by atoms with Gasteiger partial charge < -0.3 is 10.2 Å². The van der Waals surface area contributed by atoms with Crippen LogP contribution < -0.4 is 5.32 Å². The number of fused-ring (bicyclic) bond motifs is 1. The van der Waals surface area contributed by atoms with Gasteiger partial charge in [0.1, 0.15) is 11.9 Å². The maximum absolute atomic E-state index is 14.2. The van der Waals surface area contributed by atoms with E-state index in [2.05, 4.69) is 5.32 Å². The number of rotatable bonds is 4. The fourth-order valence-electron chi connectivity index (χ4n) is 3.37. The molecule has 4 rings (SSSR count). The second-order valence-electron chi connectivity index (χ2n) is 6.60. The molecule has 0 unspecified atom stereocenters. The van der Waals surface area contributed by atoms with Crippen molar-refractivity contribution in [2.45, 2.75) is 12.7 Å². The van der Waals surface area contributed by atoms with Gasteiger partial charge in [0.05, 0.1) is 0 Å². The number of nitrogens with one attached hydrogen (secondary N) is 1. The lowest BCUT2D eigenvalue weighted by Gasteiger charge is -2.28. The number of benzene rings is 3. The van der Waals surface area contributed by atoms with Gasteiger partial charge in [0, 0.05) is 22.7 Å². The number of hydrogen-bond acceptors (Lipinski definition) is 2. The van der Waals surface area contributed by atoms with Crippen molar-refractivity contribution < 1.29 is 26.7 Å². The van der Waals surface area contributed by atoms with Crippen molar-refractivity contribution in [3.8, 4) is 0 Å². The van der Waals surface area contributed by atoms with E-state index in [0.29, 0.717) is 16.1 Å². The Bertz CT molecular complexity index is 1140. The molecule has 0 bridgehead atoms. The van der Waals surface area contributed by atoms with Crippen LogP contribution in [0.2, 0.25) is 5.02 Å². The van der Waals surface area contributed by atoms with Gasteiger partial charge in [0.15, 0.2) is 23.3 Å². The minimum absolute atomic E-state index is 0.0553. The Morgan fingerprint density at radius 2 is 1.40 bits per heavy atom. The first-order valence-electron chi connectivity index (χ1n) is 8.72. The van der Waals surface area contributed by atoms with Crippen molar-refractivity contribution in [3.05, 3.63) is 99.3 Å². The third-order valence-electron chi connectivity index (χ3n) is 4.85. The SMILES string of the molecule is O=C1c2ccccc2[C@@H](Nc2c(F)c(F)c(F)c(F)c2F)N1Cc1ccccc1Cl. The summed E-state index contributed by atoms with van der Waals surface area (Å²) in [5, 5.41) is 2.69. The molecule has 0 saturated heterocycles. The molecule has 154 valence electrons. The van der Waals surface area contributed by atoms with Crippen LogP contribution in [-0.2, 0) is 6.54 Å². The van der Waals surface area contributed by atoms with E-state index < -0.39 is 46.8 Å². The molecule has 1 heterocycles. The van der Waals surface area contributed by atoms with Gasteiger partial charge in [0.25, 0.3) is 5.91 Å².